The summed E-state index contributed by atoms with van der Waals surface area (Å²) >= 11 is 0. The normalized spacial score (nSPS) is 21.4. The van der Waals surface area contributed by atoms with Crippen molar-refractivity contribution >= 4 is 35.1 Å². The lowest BCUT2D eigenvalue weighted by Gasteiger charge is -2.35. The third kappa shape index (κ3) is 4.12. The first-order valence-corrected chi connectivity index (χ1v) is 8.69. The second-order valence-corrected chi connectivity index (χ2v) is 6.27. The van der Waals surface area contributed by atoms with Gasteiger partial charge in [-0.2, -0.15) is 0 Å². The number of hydrogen-bond acceptors (Lipinski definition) is 7. The number of rotatable bonds is 5. The summed E-state index contributed by atoms with van der Waals surface area (Å²) in [6.45, 7) is 2.13. The Bertz CT molecular complexity index is 796. The molecular weight excluding hydrogens is 372 g/mol. The summed E-state index contributed by atoms with van der Waals surface area (Å²) in [7, 11) is 0. The lowest BCUT2D eigenvalue weighted by molar-refractivity contribution is -0.177. The molecule has 2 saturated heterocycles. The maximum absolute atomic E-state index is 12.9. The molecule has 0 radical (unpaired) electrons. The fourth-order valence-corrected chi connectivity index (χ4v) is 3.12. The van der Waals surface area contributed by atoms with Gasteiger partial charge in [0.05, 0.1) is 13.2 Å². The van der Waals surface area contributed by atoms with Crippen molar-refractivity contribution in [2.45, 2.75) is 19.1 Å². The summed E-state index contributed by atoms with van der Waals surface area (Å²) < 4.78 is 15.2. The highest BCUT2D eigenvalue weighted by Gasteiger charge is 2.42. The molecule has 0 saturated carbocycles. The van der Waals surface area contributed by atoms with Gasteiger partial charge in [0.15, 0.2) is 6.10 Å². The van der Waals surface area contributed by atoms with Crippen molar-refractivity contribution in [2.75, 3.05) is 42.7 Å². The number of esters is 1. The number of nitrogens with zero attached hydrogens (tertiary/aromatic N) is 2. The van der Waals surface area contributed by atoms with Crippen molar-refractivity contribution in [1.82, 2.24) is 0 Å². The summed E-state index contributed by atoms with van der Waals surface area (Å²) in [5.74, 6) is -3.11. The third-order valence-electron chi connectivity index (χ3n) is 4.37. The van der Waals surface area contributed by atoms with Crippen molar-refractivity contribution in [1.29, 1.82) is 0 Å². The van der Waals surface area contributed by atoms with E-state index in [1.807, 2.05) is 0 Å². The van der Waals surface area contributed by atoms with Gasteiger partial charge in [-0.05, 0) is 18.2 Å². The van der Waals surface area contributed by atoms with E-state index >= 15 is 0 Å². The largest absolute Gasteiger partial charge is 0.478 e. The van der Waals surface area contributed by atoms with Crippen molar-refractivity contribution < 1.29 is 38.5 Å². The molecule has 1 N–H and O–H groups in total. The molecule has 2 atom stereocenters. The number of morpholine rings is 2. The molecule has 2 amide bonds. The minimum absolute atomic E-state index is 0.00847. The van der Waals surface area contributed by atoms with Gasteiger partial charge in [-0.3, -0.25) is 14.4 Å². The number of anilines is 2. The number of amides is 2. The lowest BCUT2D eigenvalue weighted by atomic mass is 10.1. The average molecular weight is 392 g/mol. The van der Waals surface area contributed by atoms with Crippen LogP contribution >= 0.6 is 0 Å². The van der Waals surface area contributed by atoms with Gasteiger partial charge in [0.25, 0.3) is 11.8 Å². The Morgan fingerprint density at radius 1 is 1.18 bits per heavy atom. The number of carbonyl (C=O) groups excluding carboxylic acids is 3. The van der Waals surface area contributed by atoms with E-state index in [1.165, 1.54) is 4.90 Å². The summed E-state index contributed by atoms with van der Waals surface area (Å²) in [6.07, 6.45) is -3.19. The van der Waals surface area contributed by atoms with Crippen LogP contribution in [0.2, 0.25) is 0 Å². The Morgan fingerprint density at radius 2 is 1.86 bits per heavy atom. The molecule has 0 aliphatic carbocycles. The second kappa shape index (κ2) is 8.36. The smallest absolute Gasteiger partial charge is 0.348 e. The molecule has 2 unspecified atom stereocenters. The molecule has 10 heteroatoms. The molecule has 28 heavy (non-hydrogen) atoms. The molecular formula is C18H20N2O8. The summed E-state index contributed by atoms with van der Waals surface area (Å²) in [4.78, 5) is 50.5. The Hall–Kier alpha value is -2.98. The van der Waals surface area contributed by atoms with Gasteiger partial charge in [0, 0.05) is 31.4 Å². The van der Waals surface area contributed by atoms with E-state index in [2.05, 4.69) is 0 Å². The van der Waals surface area contributed by atoms with Crippen LogP contribution in [0.5, 0.6) is 0 Å². The van der Waals surface area contributed by atoms with Crippen LogP contribution in [0.1, 0.15) is 6.92 Å². The number of carbonyl (C=O) groups is 4. The first-order chi connectivity index (χ1) is 13.4. The highest BCUT2D eigenvalue weighted by Crippen LogP contribution is 2.27. The quantitative estimate of drug-likeness (QED) is 0.684. The van der Waals surface area contributed by atoms with Crippen molar-refractivity contribution in [2.24, 2.45) is 0 Å². The first-order valence-electron chi connectivity index (χ1n) is 8.69. The van der Waals surface area contributed by atoms with Gasteiger partial charge in [0.1, 0.15) is 6.61 Å². The predicted octanol–water partition coefficient (Wildman–Crippen LogP) is -0.202. The average Bonchev–Trinajstić information content (AvgIpc) is 2.67. The number of ether oxygens (including phenoxy) is 3. The van der Waals surface area contributed by atoms with Crippen LogP contribution in [-0.4, -0.2) is 74.0 Å². The molecule has 150 valence electrons. The molecule has 0 spiro atoms. The fraction of sp³-hybridized carbons (Fsp3) is 0.444. The molecule has 1 aromatic rings. The van der Waals surface area contributed by atoms with Gasteiger partial charge >= 0.3 is 11.9 Å². The van der Waals surface area contributed by atoms with Crippen LogP contribution < -0.4 is 9.80 Å². The predicted molar refractivity (Wildman–Crippen MR) is 94.9 cm³/mol. The number of hydrogen-bond donors (Lipinski definition) is 1. The van der Waals surface area contributed by atoms with Crippen LogP contribution in [0.25, 0.3) is 0 Å². The SMILES string of the molecule is CC(=O)OC(C(=O)O)C1OCCN(c2cccc(N3CCOCC3=O)c2)C1=O. The monoisotopic (exact) mass is 392 g/mol. The zero-order valence-corrected chi connectivity index (χ0v) is 15.2. The van der Waals surface area contributed by atoms with Crippen LogP contribution in [0.3, 0.4) is 0 Å². The van der Waals surface area contributed by atoms with Gasteiger partial charge in [-0.25, -0.2) is 4.79 Å². The van der Waals surface area contributed by atoms with E-state index in [0.717, 1.165) is 6.92 Å². The Morgan fingerprint density at radius 3 is 2.50 bits per heavy atom. The molecule has 10 nitrogen and oxygen atoms in total. The van der Waals surface area contributed by atoms with Crippen LogP contribution in [0.4, 0.5) is 11.4 Å². The second-order valence-electron chi connectivity index (χ2n) is 6.27. The van der Waals surface area contributed by atoms with E-state index < -0.39 is 30.1 Å². The molecule has 1 aromatic carbocycles. The van der Waals surface area contributed by atoms with E-state index in [9.17, 15) is 24.3 Å². The minimum Gasteiger partial charge on any atom is -0.478 e. The Labute approximate surface area is 160 Å². The molecule has 0 bridgehead atoms. The van der Waals surface area contributed by atoms with Crippen LogP contribution in [0, 0.1) is 0 Å². The van der Waals surface area contributed by atoms with Gasteiger partial charge < -0.3 is 29.1 Å². The zero-order valence-electron chi connectivity index (χ0n) is 15.2. The topological polar surface area (TPSA) is 123 Å². The van der Waals surface area contributed by atoms with Crippen molar-refractivity contribution in [3.63, 3.8) is 0 Å². The van der Waals surface area contributed by atoms with Crippen molar-refractivity contribution in [3.05, 3.63) is 24.3 Å². The first kappa shape index (κ1) is 19.8. The molecule has 2 aliphatic rings. The highest BCUT2D eigenvalue weighted by molar-refractivity contribution is 6.01. The van der Waals surface area contributed by atoms with Crippen molar-refractivity contribution in [3.8, 4) is 0 Å². The summed E-state index contributed by atoms with van der Waals surface area (Å²) in [5, 5.41) is 9.31. The Balaban J connectivity index is 1.84. The number of aliphatic carboxylic acids is 1. The summed E-state index contributed by atoms with van der Waals surface area (Å²) in [5.41, 5.74) is 1.10. The van der Waals surface area contributed by atoms with E-state index in [-0.39, 0.29) is 25.7 Å². The van der Waals surface area contributed by atoms with E-state index in [1.54, 1.807) is 29.2 Å². The molecule has 0 aromatic heterocycles. The van der Waals surface area contributed by atoms with Crippen LogP contribution in [-0.2, 0) is 33.4 Å². The number of benzene rings is 1. The third-order valence-corrected chi connectivity index (χ3v) is 4.37. The Kier molecular flexibility index (Phi) is 5.90. The zero-order chi connectivity index (χ0) is 20.3. The van der Waals surface area contributed by atoms with Crippen LogP contribution in [0.15, 0.2) is 24.3 Å². The van der Waals surface area contributed by atoms with E-state index in [4.69, 9.17) is 14.2 Å². The maximum Gasteiger partial charge on any atom is 0.348 e. The highest BCUT2D eigenvalue weighted by atomic mass is 16.6. The van der Waals surface area contributed by atoms with Gasteiger partial charge in [0.2, 0.25) is 6.10 Å². The van der Waals surface area contributed by atoms with Gasteiger partial charge in [-0.1, -0.05) is 6.07 Å². The van der Waals surface area contributed by atoms with Gasteiger partial charge in [-0.15, -0.1) is 0 Å². The molecule has 2 aliphatic heterocycles. The number of carboxylic acid groups (broad SMARTS) is 1. The number of carboxylic acids is 1. The fourth-order valence-electron chi connectivity index (χ4n) is 3.12. The standard InChI is InChI=1S/C18H20N2O8/c1-11(21)28-16(18(24)25)15-17(23)20(6-8-27-15)13-4-2-3-12(9-13)19-5-7-26-10-14(19)22/h2-4,9,15-16H,5-8,10H2,1H3,(H,24,25). The molecule has 2 heterocycles. The summed E-state index contributed by atoms with van der Waals surface area (Å²) in [6, 6.07) is 6.79. The minimum atomic E-state index is -1.74. The molecule has 3 rings (SSSR count). The van der Waals surface area contributed by atoms with E-state index in [0.29, 0.717) is 24.5 Å². The molecule has 2 fully saturated rings. The lowest BCUT2D eigenvalue weighted by Crippen LogP contribution is -2.55. The maximum atomic E-state index is 12.9.